The Morgan fingerprint density at radius 3 is 2.50 bits per heavy atom. The van der Waals surface area contributed by atoms with Crippen molar-refractivity contribution < 1.29 is 22.7 Å². The molecule has 1 aliphatic carbocycles. The summed E-state index contributed by atoms with van der Waals surface area (Å²) < 4.78 is 44.0. The quantitative estimate of drug-likeness (QED) is 0.264. The van der Waals surface area contributed by atoms with E-state index in [9.17, 15) is 18.0 Å². The molecule has 0 spiro atoms. The minimum Gasteiger partial charge on any atom is -0.469 e. The van der Waals surface area contributed by atoms with Crippen molar-refractivity contribution in [2.75, 3.05) is 33.3 Å². The Bertz CT molecular complexity index is 758. The number of hydrogen-bond donors (Lipinski definition) is 1. The highest BCUT2D eigenvalue weighted by Gasteiger charge is 2.45. The van der Waals surface area contributed by atoms with Gasteiger partial charge in [-0.2, -0.15) is 13.2 Å². The number of ether oxygens (including phenoxy) is 1. The number of guanidine groups is 1. The first kappa shape index (κ1) is 24.7. The normalized spacial score (nSPS) is 19.1. The van der Waals surface area contributed by atoms with Gasteiger partial charge in [-0.05, 0) is 44.2 Å². The lowest BCUT2D eigenvalue weighted by Gasteiger charge is -2.33. The molecule has 5 nitrogen and oxygen atoms in total. The molecule has 1 aromatic rings. The molecular weight excluding hydrogens is 510 g/mol. The molecule has 1 saturated carbocycles. The number of piperidine rings is 1. The van der Waals surface area contributed by atoms with Crippen molar-refractivity contribution in [3.63, 3.8) is 0 Å². The van der Waals surface area contributed by atoms with Crippen LogP contribution in [0.15, 0.2) is 29.3 Å². The smallest absolute Gasteiger partial charge is 0.416 e. The maximum absolute atomic E-state index is 13.1. The molecule has 1 heterocycles. The van der Waals surface area contributed by atoms with E-state index >= 15 is 0 Å². The molecule has 1 N–H and O–H groups in total. The number of aliphatic imine (C=N–C) groups is 1. The molecule has 30 heavy (non-hydrogen) atoms. The fourth-order valence-corrected chi connectivity index (χ4v) is 3.86. The van der Waals surface area contributed by atoms with Gasteiger partial charge in [-0.3, -0.25) is 9.79 Å². The number of nitrogens with zero attached hydrogens (tertiary/aromatic N) is 2. The van der Waals surface area contributed by atoms with Crippen LogP contribution in [0.1, 0.15) is 43.7 Å². The zero-order chi connectivity index (χ0) is 21.1. The van der Waals surface area contributed by atoms with Crippen LogP contribution >= 0.6 is 24.0 Å². The largest absolute Gasteiger partial charge is 0.469 e. The van der Waals surface area contributed by atoms with E-state index in [1.54, 1.807) is 6.07 Å². The van der Waals surface area contributed by atoms with E-state index in [1.807, 2.05) is 6.92 Å². The van der Waals surface area contributed by atoms with Crippen LogP contribution in [0.3, 0.4) is 0 Å². The van der Waals surface area contributed by atoms with Crippen LogP contribution in [0.4, 0.5) is 13.2 Å². The van der Waals surface area contributed by atoms with Gasteiger partial charge in [0.1, 0.15) is 0 Å². The van der Waals surface area contributed by atoms with Gasteiger partial charge < -0.3 is 15.0 Å². The van der Waals surface area contributed by atoms with Crippen molar-refractivity contribution in [1.29, 1.82) is 0 Å². The fourth-order valence-electron chi connectivity index (χ4n) is 3.86. The molecule has 3 rings (SSSR count). The predicted molar refractivity (Wildman–Crippen MR) is 120 cm³/mol. The summed E-state index contributed by atoms with van der Waals surface area (Å²) in [6.07, 6.45) is -1.26. The van der Waals surface area contributed by atoms with Crippen LogP contribution < -0.4 is 5.32 Å². The van der Waals surface area contributed by atoms with Crippen LogP contribution in [0.2, 0.25) is 0 Å². The number of halogens is 4. The molecule has 0 bridgehead atoms. The Labute approximate surface area is 192 Å². The van der Waals surface area contributed by atoms with Gasteiger partial charge >= 0.3 is 12.1 Å². The van der Waals surface area contributed by atoms with E-state index in [0.29, 0.717) is 44.6 Å². The molecule has 168 valence electrons. The molecule has 0 aromatic heterocycles. The van der Waals surface area contributed by atoms with Gasteiger partial charge in [0.2, 0.25) is 0 Å². The van der Waals surface area contributed by atoms with Crippen LogP contribution in [-0.4, -0.2) is 50.1 Å². The lowest BCUT2D eigenvalue weighted by atomic mass is 9.94. The van der Waals surface area contributed by atoms with Gasteiger partial charge in [0, 0.05) is 25.0 Å². The molecule has 9 heteroatoms. The number of nitrogens with one attached hydrogen (secondary N) is 1. The van der Waals surface area contributed by atoms with Gasteiger partial charge in [-0.1, -0.05) is 18.2 Å². The first-order chi connectivity index (χ1) is 13.8. The van der Waals surface area contributed by atoms with Crippen molar-refractivity contribution >= 4 is 35.9 Å². The van der Waals surface area contributed by atoms with Crippen molar-refractivity contribution in [2.45, 2.75) is 44.2 Å². The Morgan fingerprint density at radius 2 is 1.97 bits per heavy atom. The van der Waals surface area contributed by atoms with Gasteiger partial charge in [0.25, 0.3) is 0 Å². The van der Waals surface area contributed by atoms with E-state index in [1.165, 1.54) is 19.2 Å². The van der Waals surface area contributed by atoms with E-state index in [0.717, 1.165) is 24.9 Å². The number of esters is 1. The SMILES string of the molecule is CCNC(=NCC1(c2cccc(C(F)(F)F)c2)CC1)N1CCC(C(=O)OC)CC1.I. The van der Waals surface area contributed by atoms with Gasteiger partial charge in [-0.15, -0.1) is 24.0 Å². The molecule has 0 amide bonds. The van der Waals surface area contributed by atoms with Crippen LogP contribution in [-0.2, 0) is 21.1 Å². The average molecular weight is 539 g/mol. The first-order valence-corrected chi connectivity index (χ1v) is 10.1. The fraction of sp³-hybridized carbons (Fsp3) is 0.619. The minimum atomic E-state index is -4.34. The number of carbonyl (C=O) groups is 1. The molecule has 1 saturated heterocycles. The van der Waals surface area contributed by atoms with Crippen LogP contribution in [0, 0.1) is 5.92 Å². The summed E-state index contributed by atoms with van der Waals surface area (Å²) in [5.41, 5.74) is -0.218. The van der Waals surface area contributed by atoms with E-state index in [4.69, 9.17) is 9.73 Å². The molecule has 2 fully saturated rings. The molecule has 2 aliphatic rings. The van der Waals surface area contributed by atoms with Gasteiger partial charge in [0.05, 0.1) is 25.1 Å². The number of benzene rings is 1. The molecule has 0 radical (unpaired) electrons. The summed E-state index contributed by atoms with van der Waals surface area (Å²) >= 11 is 0. The zero-order valence-electron chi connectivity index (χ0n) is 17.3. The van der Waals surface area contributed by atoms with Crippen molar-refractivity contribution in [1.82, 2.24) is 10.2 Å². The summed E-state index contributed by atoms with van der Waals surface area (Å²) in [7, 11) is 1.41. The van der Waals surface area contributed by atoms with Crippen LogP contribution in [0.25, 0.3) is 0 Å². The highest BCUT2D eigenvalue weighted by atomic mass is 127. The van der Waals surface area contributed by atoms with Crippen molar-refractivity contribution in [3.05, 3.63) is 35.4 Å². The third-order valence-electron chi connectivity index (χ3n) is 5.85. The highest BCUT2D eigenvalue weighted by Crippen LogP contribution is 2.49. The number of rotatable bonds is 5. The summed E-state index contributed by atoms with van der Waals surface area (Å²) in [6, 6.07) is 5.62. The summed E-state index contributed by atoms with van der Waals surface area (Å²) in [6.45, 7) is 4.53. The Hall–Kier alpha value is -1.52. The second-order valence-electron chi connectivity index (χ2n) is 7.81. The van der Waals surface area contributed by atoms with Gasteiger partial charge in [0.15, 0.2) is 5.96 Å². The standard InChI is InChI=1S/C21H28F3N3O2.HI/c1-3-25-19(27-11-7-15(8-12-27)18(28)29-2)26-14-20(9-10-20)16-5-4-6-17(13-16)21(22,23)24;/h4-6,13,15H,3,7-12,14H2,1-2H3,(H,25,26);1H. The monoisotopic (exact) mass is 539 g/mol. The van der Waals surface area contributed by atoms with E-state index < -0.39 is 11.7 Å². The molecular formula is C21H29F3IN3O2. The first-order valence-electron chi connectivity index (χ1n) is 10.1. The second kappa shape index (κ2) is 10.2. The Morgan fingerprint density at radius 1 is 1.30 bits per heavy atom. The number of methoxy groups -OCH3 is 1. The third-order valence-corrected chi connectivity index (χ3v) is 5.85. The lowest BCUT2D eigenvalue weighted by molar-refractivity contribution is -0.146. The zero-order valence-corrected chi connectivity index (χ0v) is 19.6. The Kier molecular flexibility index (Phi) is 8.41. The van der Waals surface area contributed by atoms with Crippen molar-refractivity contribution in [3.8, 4) is 0 Å². The lowest BCUT2D eigenvalue weighted by Crippen LogP contribution is -2.47. The maximum atomic E-state index is 13.1. The number of carbonyl (C=O) groups excluding carboxylic acids is 1. The number of hydrogen-bond acceptors (Lipinski definition) is 3. The summed E-state index contributed by atoms with van der Waals surface area (Å²) in [5.74, 6) is 0.501. The van der Waals surface area contributed by atoms with Crippen molar-refractivity contribution in [2.24, 2.45) is 10.9 Å². The third kappa shape index (κ3) is 5.79. The topological polar surface area (TPSA) is 53.9 Å². The Balaban J connectivity index is 0.00000320. The van der Waals surface area contributed by atoms with Gasteiger partial charge in [-0.25, -0.2) is 0 Å². The molecule has 1 aromatic carbocycles. The minimum absolute atomic E-state index is 0. The molecule has 0 atom stereocenters. The van der Waals surface area contributed by atoms with Crippen LogP contribution in [0.5, 0.6) is 0 Å². The molecule has 1 aliphatic heterocycles. The van der Waals surface area contributed by atoms with E-state index in [2.05, 4.69) is 10.2 Å². The molecule has 0 unspecified atom stereocenters. The van der Waals surface area contributed by atoms with E-state index in [-0.39, 0.29) is 41.3 Å². The summed E-state index contributed by atoms with van der Waals surface area (Å²) in [4.78, 5) is 18.6. The predicted octanol–water partition coefficient (Wildman–Crippen LogP) is 4.21. The average Bonchev–Trinajstić information content (AvgIpc) is 3.51. The maximum Gasteiger partial charge on any atom is 0.416 e. The summed E-state index contributed by atoms with van der Waals surface area (Å²) in [5, 5.41) is 3.28. The highest BCUT2D eigenvalue weighted by molar-refractivity contribution is 14.0. The number of alkyl halides is 3. The number of likely N-dealkylation sites (tertiary alicyclic amines) is 1. The second-order valence-corrected chi connectivity index (χ2v) is 7.81.